The molecular weight excluding hydrogens is 1060 g/mol. The van der Waals surface area contributed by atoms with Gasteiger partial charge in [-0.25, -0.2) is 27.5 Å². The third-order valence-corrected chi connectivity index (χ3v) is 15.2. The summed E-state index contributed by atoms with van der Waals surface area (Å²) < 4.78 is 58.8. The van der Waals surface area contributed by atoms with E-state index in [1.165, 1.54) is 18.2 Å². The van der Waals surface area contributed by atoms with Crippen molar-refractivity contribution in [2.24, 2.45) is 0 Å². The molecule has 2 atom stereocenters. The molecule has 2 unspecified atom stereocenters. The summed E-state index contributed by atoms with van der Waals surface area (Å²) in [5.74, 6) is -1.72. The molecule has 358 valence electrons. The molecule has 6 heterocycles. The Hall–Kier alpha value is -4.65. The molecule has 0 spiro atoms. The van der Waals surface area contributed by atoms with Gasteiger partial charge in [-0.05, 0) is 114 Å². The molecule has 2 fully saturated rings. The number of benzene rings is 4. The van der Waals surface area contributed by atoms with Crippen molar-refractivity contribution in [1.29, 1.82) is 0 Å². The molecule has 4 N–H and O–H groups in total. The number of aromatic nitrogens is 6. The van der Waals surface area contributed by atoms with Crippen molar-refractivity contribution < 1.29 is 17.6 Å². The van der Waals surface area contributed by atoms with E-state index >= 15 is 0 Å². The van der Waals surface area contributed by atoms with Crippen LogP contribution < -0.4 is 21.3 Å². The van der Waals surface area contributed by atoms with Crippen molar-refractivity contribution in [3.05, 3.63) is 150 Å². The van der Waals surface area contributed by atoms with Crippen LogP contribution in [-0.2, 0) is 19.6 Å². The van der Waals surface area contributed by atoms with E-state index in [2.05, 4.69) is 56.3 Å². The number of fused-ring (bicyclic) bond motifs is 2. The van der Waals surface area contributed by atoms with Crippen molar-refractivity contribution in [1.82, 2.24) is 39.7 Å². The summed E-state index contributed by atoms with van der Waals surface area (Å²) in [6, 6.07) is 20.8. The Morgan fingerprint density at radius 2 is 1.29 bits per heavy atom. The van der Waals surface area contributed by atoms with E-state index in [9.17, 15) is 17.6 Å². The number of nitrogens with one attached hydrogen (secondary N) is 4. The second-order valence-corrected chi connectivity index (χ2v) is 20.3. The maximum Gasteiger partial charge on any atom is 0.224 e. The van der Waals surface area contributed by atoms with Gasteiger partial charge in [0.05, 0.1) is 41.3 Å². The third kappa shape index (κ3) is 11.1. The van der Waals surface area contributed by atoms with Crippen LogP contribution in [0.15, 0.2) is 95.7 Å². The summed E-state index contributed by atoms with van der Waals surface area (Å²) in [5.41, 5.74) is 5.92. The lowest BCUT2D eigenvalue weighted by Gasteiger charge is -2.24. The molecule has 2 aliphatic heterocycles. The van der Waals surface area contributed by atoms with E-state index in [4.69, 9.17) is 56.4 Å². The molecule has 20 heteroatoms. The Morgan fingerprint density at radius 3 is 1.90 bits per heavy atom. The number of hydrogen-bond acceptors (Lipinski definition) is 9. The molecular formula is C49H43BrCl4F4N10S. The molecule has 69 heavy (non-hydrogen) atoms. The molecule has 4 aromatic heterocycles. The van der Waals surface area contributed by atoms with Crippen LogP contribution in [0.3, 0.4) is 0 Å². The molecule has 0 saturated carbocycles. The van der Waals surface area contributed by atoms with Gasteiger partial charge in [-0.1, -0.05) is 70.7 Å². The molecule has 0 amide bonds. The quantitative estimate of drug-likeness (QED) is 0.0942. The van der Waals surface area contributed by atoms with Gasteiger partial charge >= 0.3 is 0 Å². The van der Waals surface area contributed by atoms with Crippen LogP contribution in [-0.4, -0.2) is 66.3 Å². The average Bonchev–Trinajstić information content (AvgIpc) is 3.67. The van der Waals surface area contributed by atoms with Gasteiger partial charge < -0.3 is 30.4 Å². The molecule has 4 aromatic carbocycles. The first kappa shape index (κ1) is 49.3. The van der Waals surface area contributed by atoms with Crippen molar-refractivity contribution >= 4 is 108 Å². The normalized spacial score (nSPS) is 16.3. The fourth-order valence-corrected chi connectivity index (χ4v) is 11.5. The van der Waals surface area contributed by atoms with Gasteiger partial charge in [0.25, 0.3) is 0 Å². The molecule has 0 radical (unpaired) electrons. The molecule has 2 saturated heterocycles. The van der Waals surface area contributed by atoms with Crippen LogP contribution >= 0.6 is 74.1 Å². The number of hydrogen-bond donors (Lipinski definition) is 4. The Balaban J connectivity index is 0.000000172. The maximum atomic E-state index is 13.6. The number of anilines is 2. The third-order valence-electron chi connectivity index (χ3n) is 11.9. The topological polar surface area (TPSA) is 110 Å². The highest BCUT2D eigenvalue weighted by atomic mass is 79.9. The van der Waals surface area contributed by atoms with E-state index in [1.807, 2.05) is 54.2 Å². The number of nitrogens with zero attached hydrogens (tertiary/aromatic N) is 6. The highest BCUT2D eigenvalue weighted by Gasteiger charge is 2.27. The first-order valence-corrected chi connectivity index (χ1v) is 25.5. The second kappa shape index (κ2) is 22.2. The Bertz CT molecular complexity index is 3100. The van der Waals surface area contributed by atoms with E-state index in [0.717, 1.165) is 118 Å². The predicted octanol–water partition coefficient (Wildman–Crippen LogP) is 13.4. The van der Waals surface area contributed by atoms with E-state index in [0.29, 0.717) is 54.9 Å². The van der Waals surface area contributed by atoms with Crippen LogP contribution in [0.5, 0.6) is 0 Å². The van der Waals surface area contributed by atoms with Gasteiger partial charge in [0, 0.05) is 78.7 Å². The van der Waals surface area contributed by atoms with Crippen molar-refractivity contribution in [2.75, 3.05) is 42.6 Å². The lowest BCUT2D eigenvalue weighted by Crippen LogP contribution is -2.35. The lowest BCUT2D eigenvalue weighted by molar-refractivity contribution is 0.468. The zero-order chi connectivity index (χ0) is 48.2. The Morgan fingerprint density at radius 1 is 0.681 bits per heavy atom. The average molecular weight is 1100 g/mol. The Kier molecular flexibility index (Phi) is 15.9. The minimum absolute atomic E-state index is 0.212. The van der Waals surface area contributed by atoms with Gasteiger partial charge in [0.1, 0.15) is 11.3 Å². The molecule has 10 rings (SSSR count). The van der Waals surface area contributed by atoms with Gasteiger partial charge in [0.2, 0.25) is 11.9 Å². The minimum Gasteiger partial charge on any atom is -0.350 e. The first-order valence-electron chi connectivity index (χ1n) is 22.1. The maximum absolute atomic E-state index is 13.6. The standard InChI is InChI=1S/C25H23Cl2F2N5.C24H20BrCl2F2N5S/c26-18-4-1-5-19(27)23(18)22-12-16-14-32-25(31-13-15-6-7-20(28)21(29)11-15)33-24(16)34(22)17-3-2-9-30-10-8-17;25-21-15-11-32-24(31-9-13-4-5-18(28)19(29)8-13)33-23(15)34(12-14-10-30-6-7-35-14)22(21)20-16(26)2-1-3-17(20)27/h1,4-7,11-12,14,17,30H,2-3,8-10,13H2,(H,31,32,33);1-5,8,11,14,30H,6-7,9-10,12H2,(H,31,32,33). The molecule has 0 aliphatic carbocycles. The summed E-state index contributed by atoms with van der Waals surface area (Å²) in [4.78, 5) is 18.5. The fourth-order valence-electron chi connectivity index (χ4n) is 8.58. The monoisotopic (exact) mass is 1100 g/mol. The minimum atomic E-state index is -0.890. The zero-order valence-electron chi connectivity index (χ0n) is 36.6. The summed E-state index contributed by atoms with van der Waals surface area (Å²) >= 11 is 32.1. The van der Waals surface area contributed by atoms with Crippen LogP contribution in [0, 0.1) is 23.3 Å². The SMILES string of the molecule is Fc1ccc(CNc2ncc3c(Br)c(-c4c(Cl)cccc4Cl)n(CC4CNCCS4)c3n2)cc1F.Fc1ccc(CNc2ncc3cc(-c4c(Cl)cccc4Cl)n(C4CCCNCC4)c3n2)cc1F. The lowest BCUT2D eigenvalue weighted by atomic mass is 10.1. The van der Waals surface area contributed by atoms with Crippen LogP contribution in [0.2, 0.25) is 20.1 Å². The summed E-state index contributed by atoms with van der Waals surface area (Å²) in [6.07, 6.45) is 6.48. The van der Waals surface area contributed by atoms with Gasteiger partial charge in [-0.2, -0.15) is 21.7 Å². The van der Waals surface area contributed by atoms with E-state index in [-0.39, 0.29) is 19.1 Å². The molecule has 8 aromatic rings. The highest BCUT2D eigenvalue weighted by molar-refractivity contribution is 9.10. The zero-order valence-corrected chi connectivity index (χ0v) is 42.0. The van der Waals surface area contributed by atoms with Gasteiger partial charge in [-0.3, -0.25) is 0 Å². The molecule has 2 aliphatic rings. The smallest absolute Gasteiger partial charge is 0.224 e. The highest BCUT2D eigenvalue weighted by Crippen LogP contribution is 2.44. The van der Waals surface area contributed by atoms with Gasteiger partial charge in [-0.15, -0.1) is 0 Å². The number of rotatable bonds is 11. The molecule has 0 bridgehead atoms. The van der Waals surface area contributed by atoms with Gasteiger partial charge in [0.15, 0.2) is 23.3 Å². The van der Waals surface area contributed by atoms with Crippen LogP contribution in [0.25, 0.3) is 44.6 Å². The van der Waals surface area contributed by atoms with E-state index < -0.39 is 23.3 Å². The van der Waals surface area contributed by atoms with E-state index in [1.54, 1.807) is 12.4 Å². The summed E-state index contributed by atoms with van der Waals surface area (Å²) in [5, 5.41) is 17.4. The predicted molar refractivity (Wildman–Crippen MR) is 276 cm³/mol. The van der Waals surface area contributed by atoms with Crippen LogP contribution in [0.4, 0.5) is 29.5 Å². The fraction of sp³-hybridized carbons (Fsp3) is 0.265. The van der Waals surface area contributed by atoms with Crippen molar-refractivity contribution in [2.45, 2.75) is 50.2 Å². The second-order valence-electron chi connectivity index (χ2n) is 16.5. The number of halogens is 9. The first-order chi connectivity index (χ1) is 33.4. The van der Waals surface area contributed by atoms with Crippen LogP contribution in [0.1, 0.15) is 36.4 Å². The largest absolute Gasteiger partial charge is 0.350 e. The Labute approximate surface area is 428 Å². The van der Waals surface area contributed by atoms with Crippen molar-refractivity contribution in [3.63, 3.8) is 0 Å². The number of thioether (sulfide) groups is 1. The summed E-state index contributed by atoms with van der Waals surface area (Å²) in [6.45, 7) is 4.96. The van der Waals surface area contributed by atoms with Crippen molar-refractivity contribution in [3.8, 4) is 22.5 Å². The molecule has 10 nitrogen and oxygen atoms in total. The summed E-state index contributed by atoms with van der Waals surface area (Å²) in [7, 11) is 0.